The molecule has 0 unspecified atom stereocenters. The Morgan fingerprint density at radius 3 is 2.48 bits per heavy atom. The summed E-state index contributed by atoms with van der Waals surface area (Å²) < 4.78 is 18.4. The summed E-state index contributed by atoms with van der Waals surface area (Å²) in [5, 5.41) is 0. The van der Waals surface area contributed by atoms with Gasteiger partial charge in [0.05, 0.1) is 20.2 Å². The first-order chi connectivity index (χ1) is 9.83. The molecule has 0 radical (unpaired) electrons. The summed E-state index contributed by atoms with van der Waals surface area (Å²) in [6, 6.07) is 4.05. The van der Waals surface area contributed by atoms with E-state index in [1.807, 2.05) is 13.8 Å². The van der Waals surface area contributed by atoms with Gasteiger partial charge < -0.3 is 10.5 Å². The van der Waals surface area contributed by atoms with Crippen molar-refractivity contribution in [2.24, 2.45) is 11.7 Å². The Bertz CT molecular complexity index is 518. The standard InChI is InChI=1S/C15H21FN2O3/c1-10(2)7-18(9-15(17)20)8-13(19)11-4-5-14(21-3)12(16)6-11/h4-6,10H,7-9H2,1-3H3,(H2,17,20). The van der Waals surface area contributed by atoms with Crippen molar-refractivity contribution >= 4 is 11.7 Å². The van der Waals surface area contributed by atoms with Crippen LogP contribution < -0.4 is 10.5 Å². The minimum atomic E-state index is -0.589. The van der Waals surface area contributed by atoms with Crippen molar-refractivity contribution in [2.45, 2.75) is 13.8 Å². The van der Waals surface area contributed by atoms with Crippen LogP contribution in [0.5, 0.6) is 5.75 Å². The van der Waals surface area contributed by atoms with Gasteiger partial charge in [-0.3, -0.25) is 14.5 Å². The van der Waals surface area contributed by atoms with Gasteiger partial charge in [0.1, 0.15) is 0 Å². The number of amides is 1. The van der Waals surface area contributed by atoms with Crippen molar-refractivity contribution in [3.8, 4) is 5.75 Å². The smallest absolute Gasteiger partial charge is 0.231 e. The molecular weight excluding hydrogens is 275 g/mol. The SMILES string of the molecule is COc1ccc(C(=O)CN(CC(N)=O)CC(C)C)cc1F. The highest BCUT2D eigenvalue weighted by Crippen LogP contribution is 2.18. The van der Waals surface area contributed by atoms with Crippen LogP contribution in [0.3, 0.4) is 0 Å². The molecule has 0 aliphatic heterocycles. The second-order valence-electron chi connectivity index (χ2n) is 5.30. The topological polar surface area (TPSA) is 72.6 Å². The number of carbonyl (C=O) groups is 2. The molecule has 1 amide bonds. The predicted octanol–water partition coefficient (Wildman–Crippen LogP) is 1.46. The maximum Gasteiger partial charge on any atom is 0.231 e. The Labute approximate surface area is 123 Å². The van der Waals surface area contributed by atoms with Gasteiger partial charge in [0.15, 0.2) is 17.3 Å². The zero-order valence-electron chi connectivity index (χ0n) is 12.6. The van der Waals surface area contributed by atoms with Crippen molar-refractivity contribution in [1.82, 2.24) is 4.90 Å². The predicted molar refractivity (Wildman–Crippen MR) is 77.8 cm³/mol. The molecule has 0 fully saturated rings. The fourth-order valence-corrected chi connectivity index (χ4v) is 2.06. The van der Waals surface area contributed by atoms with E-state index in [2.05, 4.69) is 0 Å². The molecule has 0 saturated carbocycles. The highest BCUT2D eigenvalue weighted by atomic mass is 19.1. The number of rotatable bonds is 8. The monoisotopic (exact) mass is 296 g/mol. The average molecular weight is 296 g/mol. The lowest BCUT2D eigenvalue weighted by atomic mass is 10.1. The first-order valence-electron chi connectivity index (χ1n) is 6.71. The van der Waals surface area contributed by atoms with Crippen LogP contribution in [0.1, 0.15) is 24.2 Å². The van der Waals surface area contributed by atoms with E-state index in [1.165, 1.54) is 19.2 Å². The summed E-state index contributed by atoms with van der Waals surface area (Å²) in [5.41, 5.74) is 5.42. The molecule has 6 heteroatoms. The number of nitrogens with zero attached hydrogens (tertiary/aromatic N) is 1. The first-order valence-corrected chi connectivity index (χ1v) is 6.71. The summed E-state index contributed by atoms with van der Waals surface area (Å²) in [6.07, 6.45) is 0. The van der Waals surface area contributed by atoms with E-state index in [9.17, 15) is 14.0 Å². The zero-order chi connectivity index (χ0) is 16.0. The van der Waals surface area contributed by atoms with Crippen molar-refractivity contribution in [3.63, 3.8) is 0 Å². The number of ketones is 1. The summed E-state index contributed by atoms with van der Waals surface area (Å²) in [5.74, 6) is -0.982. The van der Waals surface area contributed by atoms with E-state index in [4.69, 9.17) is 10.5 Å². The van der Waals surface area contributed by atoms with E-state index in [-0.39, 0.29) is 36.1 Å². The maximum atomic E-state index is 13.6. The Kier molecular flexibility index (Phi) is 6.30. The molecule has 0 heterocycles. The van der Waals surface area contributed by atoms with Crippen molar-refractivity contribution in [3.05, 3.63) is 29.6 Å². The number of hydrogen-bond acceptors (Lipinski definition) is 4. The lowest BCUT2D eigenvalue weighted by Gasteiger charge is -2.22. The fraction of sp³-hybridized carbons (Fsp3) is 0.467. The number of benzene rings is 1. The second-order valence-corrected chi connectivity index (χ2v) is 5.30. The van der Waals surface area contributed by atoms with Crippen molar-refractivity contribution in [1.29, 1.82) is 0 Å². The molecule has 21 heavy (non-hydrogen) atoms. The summed E-state index contributed by atoms with van der Waals surface area (Å²) in [4.78, 5) is 24.9. The van der Waals surface area contributed by atoms with Crippen LogP contribution in [0.25, 0.3) is 0 Å². The highest BCUT2D eigenvalue weighted by Gasteiger charge is 2.17. The van der Waals surface area contributed by atoms with Gasteiger partial charge in [0.25, 0.3) is 0 Å². The summed E-state index contributed by atoms with van der Waals surface area (Å²) in [7, 11) is 1.36. The van der Waals surface area contributed by atoms with Gasteiger partial charge in [-0.25, -0.2) is 4.39 Å². The summed E-state index contributed by atoms with van der Waals surface area (Å²) in [6.45, 7) is 4.54. The van der Waals surface area contributed by atoms with E-state index in [0.29, 0.717) is 6.54 Å². The third kappa shape index (κ3) is 5.51. The molecule has 1 aromatic rings. The van der Waals surface area contributed by atoms with Crippen LogP contribution >= 0.6 is 0 Å². The molecule has 1 aromatic carbocycles. The zero-order valence-corrected chi connectivity index (χ0v) is 12.6. The molecule has 0 aromatic heterocycles. The van der Waals surface area contributed by atoms with Gasteiger partial charge in [-0.2, -0.15) is 0 Å². The number of Topliss-reactive ketones (excluding diaryl/α,β-unsaturated/α-hetero) is 1. The third-order valence-electron chi connectivity index (χ3n) is 2.84. The van der Waals surface area contributed by atoms with Crippen LogP contribution in [0.4, 0.5) is 4.39 Å². The minimum Gasteiger partial charge on any atom is -0.494 e. The minimum absolute atomic E-state index is 0.00254. The van der Waals surface area contributed by atoms with Gasteiger partial charge in [-0.15, -0.1) is 0 Å². The number of methoxy groups -OCH3 is 1. The molecule has 0 spiro atoms. The molecule has 0 bridgehead atoms. The molecule has 0 atom stereocenters. The van der Waals surface area contributed by atoms with E-state index < -0.39 is 11.7 Å². The van der Waals surface area contributed by atoms with Crippen molar-refractivity contribution in [2.75, 3.05) is 26.7 Å². The van der Waals surface area contributed by atoms with Gasteiger partial charge >= 0.3 is 0 Å². The Morgan fingerprint density at radius 1 is 1.33 bits per heavy atom. The molecule has 116 valence electrons. The number of ether oxygens (including phenoxy) is 1. The van der Waals surface area contributed by atoms with E-state index in [1.54, 1.807) is 4.90 Å². The number of nitrogens with two attached hydrogens (primary N) is 1. The lowest BCUT2D eigenvalue weighted by Crippen LogP contribution is -2.39. The van der Waals surface area contributed by atoms with E-state index in [0.717, 1.165) is 6.07 Å². The Hall–Kier alpha value is -1.95. The molecule has 0 saturated heterocycles. The number of hydrogen-bond donors (Lipinski definition) is 1. The summed E-state index contributed by atoms with van der Waals surface area (Å²) >= 11 is 0. The molecule has 2 N–H and O–H groups in total. The average Bonchev–Trinajstić information content (AvgIpc) is 2.36. The fourth-order valence-electron chi connectivity index (χ4n) is 2.06. The van der Waals surface area contributed by atoms with Crippen LogP contribution in [-0.4, -0.2) is 43.3 Å². The quantitative estimate of drug-likeness (QED) is 0.737. The van der Waals surface area contributed by atoms with Crippen LogP contribution in [0.15, 0.2) is 18.2 Å². The Morgan fingerprint density at radius 2 is 2.00 bits per heavy atom. The normalized spacial score (nSPS) is 11.0. The molecule has 5 nitrogen and oxygen atoms in total. The first kappa shape index (κ1) is 17.1. The number of halogens is 1. The number of carbonyl (C=O) groups excluding carboxylic acids is 2. The van der Waals surface area contributed by atoms with Crippen LogP contribution in [0, 0.1) is 11.7 Å². The number of primary amides is 1. The van der Waals surface area contributed by atoms with E-state index >= 15 is 0 Å². The third-order valence-corrected chi connectivity index (χ3v) is 2.84. The lowest BCUT2D eigenvalue weighted by molar-refractivity contribution is -0.119. The van der Waals surface area contributed by atoms with Gasteiger partial charge in [0, 0.05) is 12.1 Å². The molecular formula is C15H21FN2O3. The highest BCUT2D eigenvalue weighted by molar-refractivity contribution is 5.98. The second kappa shape index (κ2) is 7.73. The van der Waals surface area contributed by atoms with Gasteiger partial charge in [-0.1, -0.05) is 13.8 Å². The van der Waals surface area contributed by atoms with Crippen LogP contribution in [0.2, 0.25) is 0 Å². The Balaban J connectivity index is 2.80. The van der Waals surface area contributed by atoms with Gasteiger partial charge in [0.2, 0.25) is 5.91 Å². The van der Waals surface area contributed by atoms with Crippen molar-refractivity contribution < 1.29 is 18.7 Å². The molecule has 0 aliphatic rings. The molecule has 0 aliphatic carbocycles. The van der Waals surface area contributed by atoms with Gasteiger partial charge in [-0.05, 0) is 24.1 Å². The van der Waals surface area contributed by atoms with Crippen LogP contribution in [-0.2, 0) is 4.79 Å². The largest absolute Gasteiger partial charge is 0.494 e. The maximum absolute atomic E-state index is 13.6. The molecule has 1 rings (SSSR count).